The molecule has 0 unspecified atom stereocenters. The first kappa shape index (κ1) is 34.9. The number of Topliss-reactive ketones (excluding diaryl/α,β-unsaturated/α-hetero) is 2. The quantitative estimate of drug-likeness (QED) is 0.178. The molecule has 1 aliphatic rings. The lowest BCUT2D eigenvalue weighted by Gasteiger charge is -2.26. The molecule has 4 atom stereocenters. The lowest BCUT2D eigenvalue weighted by Crippen LogP contribution is -2.49. The first-order valence-corrected chi connectivity index (χ1v) is 13.9. The van der Waals surface area contributed by atoms with Crippen molar-refractivity contribution in [2.24, 2.45) is 17.8 Å². The maximum atomic E-state index is 12.8. The Morgan fingerprint density at radius 2 is 1.65 bits per heavy atom. The molecule has 0 aromatic heterocycles. The van der Waals surface area contributed by atoms with Crippen LogP contribution in [0.5, 0.6) is 0 Å². The Bertz CT molecular complexity index is 841. The van der Waals surface area contributed by atoms with Gasteiger partial charge in [-0.05, 0) is 37.9 Å². The van der Waals surface area contributed by atoms with E-state index in [1.54, 1.807) is 27.7 Å². The van der Waals surface area contributed by atoms with Crippen molar-refractivity contribution in [2.75, 3.05) is 11.5 Å². The Labute approximate surface area is 232 Å². The summed E-state index contributed by atoms with van der Waals surface area (Å²) in [5.41, 5.74) is 0.185. The fourth-order valence-electron chi connectivity index (χ4n) is 3.55. The van der Waals surface area contributed by atoms with Crippen molar-refractivity contribution < 1.29 is 28.7 Å². The molecule has 1 saturated heterocycles. The van der Waals surface area contributed by atoms with E-state index >= 15 is 0 Å². The molecule has 1 rings (SSSR count). The van der Waals surface area contributed by atoms with Gasteiger partial charge in [0.25, 0.3) is 0 Å². The van der Waals surface area contributed by atoms with E-state index in [2.05, 4.69) is 42.5 Å². The molecular weight excluding hydrogens is 512 g/mol. The number of carbonyl (C=O) groups excluding carboxylic acids is 5. The molecule has 2 N–H and O–H groups in total. The van der Waals surface area contributed by atoms with Crippen molar-refractivity contribution in [3.8, 4) is 0 Å². The number of amides is 2. The van der Waals surface area contributed by atoms with Crippen LogP contribution in [-0.4, -0.2) is 59.0 Å². The minimum atomic E-state index is -0.929. The minimum Gasteiger partial charge on any atom is -0.461 e. The molecule has 210 valence electrons. The summed E-state index contributed by atoms with van der Waals surface area (Å²) in [4.78, 5) is 63.7. The lowest BCUT2D eigenvalue weighted by atomic mass is 9.88. The highest BCUT2D eigenvalue weighted by Crippen LogP contribution is 2.20. The Morgan fingerprint density at radius 1 is 1.03 bits per heavy atom. The number of ketones is 2. The molecule has 2 amide bonds. The molecule has 0 spiro atoms. The van der Waals surface area contributed by atoms with Crippen LogP contribution in [0.2, 0.25) is 0 Å². The van der Waals surface area contributed by atoms with E-state index in [9.17, 15) is 24.0 Å². The SMILES string of the molecule is C/C=C1\CC(=O)[C@@H](CS)NC(=O)[C@@H](C(C)C)CC(=O)C[C@H](C)OC(=O)[C@H](C(C)C)NC1=O.C=CCCS. The van der Waals surface area contributed by atoms with Crippen LogP contribution in [0.1, 0.15) is 67.2 Å². The number of carbonyl (C=O) groups is 5. The third-order valence-electron chi connectivity index (χ3n) is 5.85. The van der Waals surface area contributed by atoms with Crippen molar-refractivity contribution in [1.29, 1.82) is 0 Å². The maximum Gasteiger partial charge on any atom is 0.329 e. The molecule has 8 nitrogen and oxygen atoms in total. The molecule has 1 heterocycles. The van der Waals surface area contributed by atoms with Gasteiger partial charge >= 0.3 is 5.97 Å². The Hall–Kier alpha value is -2.07. The summed E-state index contributed by atoms with van der Waals surface area (Å²) in [5.74, 6) is -2.29. The average molecular weight is 557 g/mol. The molecule has 0 aliphatic carbocycles. The van der Waals surface area contributed by atoms with Gasteiger partial charge in [0.1, 0.15) is 17.9 Å². The summed E-state index contributed by atoms with van der Waals surface area (Å²) in [7, 11) is 0. The molecule has 0 radical (unpaired) electrons. The zero-order valence-electron chi connectivity index (χ0n) is 22.9. The normalized spacial score (nSPS) is 25.8. The van der Waals surface area contributed by atoms with Gasteiger partial charge < -0.3 is 15.4 Å². The number of hydrogen-bond acceptors (Lipinski definition) is 8. The van der Waals surface area contributed by atoms with Crippen molar-refractivity contribution >= 4 is 54.6 Å². The van der Waals surface area contributed by atoms with E-state index in [0.717, 1.165) is 12.2 Å². The number of rotatable bonds is 5. The number of thiol groups is 2. The van der Waals surface area contributed by atoms with E-state index in [4.69, 9.17) is 4.74 Å². The molecule has 0 saturated carbocycles. The predicted molar refractivity (Wildman–Crippen MR) is 153 cm³/mol. The van der Waals surface area contributed by atoms with Crippen LogP contribution in [0, 0.1) is 17.8 Å². The zero-order valence-corrected chi connectivity index (χ0v) is 24.7. The third-order valence-corrected chi connectivity index (χ3v) is 6.48. The molecule has 37 heavy (non-hydrogen) atoms. The largest absolute Gasteiger partial charge is 0.461 e. The Balaban J connectivity index is 0.00000235. The standard InChI is InChI=1S/C23H36N2O6S.C4H8S/c1-7-15-9-19(27)18(11-32)24-22(29)17(12(2)3)10-16(26)8-14(6)31-23(30)20(13(4)5)25-21(15)28;1-2-3-4-5/h7,12-14,17-18,20,32H,8-11H2,1-6H3,(H,24,29)(H,25,28);2,5H,1,3-4H2/b15-7+;/t14-,17+,18+,20-;/m0./s1. The molecule has 10 heteroatoms. The van der Waals surface area contributed by atoms with E-state index < -0.39 is 41.9 Å². The van der Waals surface area contributed by atoms with Gasteiger partial charge in [-0.3, -0.25) is 19.2 Å². The molecule has 0 aromatic rings. The summed E-state index contributed by atoms with van der Waals surface area (Å²) in [6, 6.07) is -1.83. The number of nitrogens with one attached hydrogen (secondary N) is 2. The third kappa shape index (κ3) is 12.8. The second-order valence-corrected chi connectivity index (χ2v) is 10.6. The summed E-state index contributed by atoms with van der Waals surface area (Å²) < 4.78 is 5.42. The van der Waals surface area contributed by atoms with Gasteiger partial charge in [-0.2, -0.15) is 25.3 Å². The van der Waals surface area contributed by atoms with Crippen molar-refractivity contribution in [2.45, 2.75) is 85.4 Å². The zero-order chi connectivity index (χ0) is 28.7. The Kier molecular flexibility index (Phi) is 17.2. The first-order valence-electron chi connectivity index (χ1n) is 12.7. The van der Waals surface area contributed by atoms with E-state index in [1.165, 1.54) is 6.08 Å². The highest BCUT2D eigenvalue weighted by molar-refractivity contribution is 7.80. The molecule has 1 fully saturated rings. The topological polar surface area (TPSA) is 119 Å². The van der Waals surface area contributed by atoms with Crippen LogP contribution >= 0.6 is 25.3 Å². The first-order chi connectivity index (χ1) is 17.3. The van der Waals surface area contributed by atoms with Crippen molar-refractivity contribution in [3.63, 3.8) is 0 Å². The Morgan fingerprint density at radius 3 is 2.08 bits per heavy atom. The van der Waals surface area contributed by atoms with Crippen LogP contribution in [0.15, 0.2) is 24.3 Å². The number of esters is 1. The number of cyclic esters (lactones) is 1. The summed E-state index contributed by atoms with van der Waals surface area (Å²) >= 11 is 8.12. The smallest absolute Gasteiger partial charge is 0.329 e. The summed E-state index contributed by atoms with van der Waals surface area (Å²) in [6.07, 6.45) is 3.38. The number of allylic oxidation sites excluding steroid dienone is 2. The van der Waals surface area contributed by atoms with Gasteiger partial charge in [0.2, 0.25) is 11.8 Å². The van der Waals surface area contributed by atoms with Crippen LogP contribution in [-0.2, 0) is 28.7 Å². The lowest BCUT2D eigenvalue weighted by molar-refractivity contribution is -0.154. The molecule has 0 bridgehead atoms. The van der Waals surface area contributed by atoms with Gasteiger partial charge in [0.15, 0.2) is 5.78 Å². The van der Waals surface area contributed by atoms with Crippen LogP contribution in [0.25, 0.3) is 0 Å². The van der Waals surface area contributed by atoms with Crippen LogP contribution in [0.3, 0.4) is 0 Å². The maximum absolute atomic E-state index is 12.8. The van der Waals surface area contributed by atoms with Crippen LogP contribution in [0.4, 0.5) is 0 Å². The van der Waals surface area contributed by atoms with Gasteiger partial charge in [0.05, 0.1) is 6.04 Å². The molecule has 1 aliphatic heterocycles. The fourth-order valence-corrected chi connectivity index (χ4v) is 4.03. The van der Waals surface area contributed by atoms with Gasteiger partial charge in [0, 0.05) is 36.5 Å². The highest BCUT2D eigenvalue weighted by Gasteiger charge is 2.33. The predicted octanol–water partition coefficient (Wildman–Crippen LogP) is 3.51. The van der Waals surface area contributed by atoms with E-state index in [-0.39, 0.29) is 54.0 Å². The second kappa shape index (κ2) is 18.2. The summed E-state index contributed by atoms with van der Waals surface area (Å²) in [5, 5.41) is 5.33. The minimum absolute atomic E-state index is 0.0245. The monoisotopic (exact) mass is 556 g/mol. The van der Waals surface area contributed by atoms with Crippen molar-refractivity contribution in [1.82, 2.24) is 10.6 Å². The molecular formula is C27H44N2O6S2. The van der Waals surface area contributed by atoms with E-state index in [0.29, 0.717) is 0 Å². The van der Waals surface area contributed by atoms with E-state index in [1.807, 2.05) is 19.9 Å². The fraction of sp³-hybridized carbons (Fsp3) is 0.667. The van der Waals surface area contributed by atoms with Gasteiger partial charge in [-0.1, -0.05) is 39.8 Å². The second-order valence-electron chi connectivity index (χ2n) is 9.74. The number of ether oxygens (including phenoxy) is 1. The average Bonchev–Trinajstić information content (AvgIpc) is 2.81. The highest BCUT2D eigenvalue weighted by atomic mass is 32.1. The van der Waals surface area contributed by atoms with Crippen molar-refractivity contribution in [3.05, 3.63) is 24.3 Å². The number of hydrogen-bond donors (Lipinski definition) is 4. The van der Waals surface area contributed by atoms with Crippen LogP contribution < -0.4 is 10.6 Å². The van der Waals surface area contributed by atoms with Gasteiger partial charge in [-0.15, -0.1) is 6.58 Å². The summed E-state index contributed by atoms with van der Waals surface area (Å²) in [6.45, 7) is 13.9. The molecule has 0 aromatic carbocycles. The van der Waals surface area contributed by atoms with Gasteiger partial charge in [-0.25, -0.2) is 4.79 Å².